The van der Waals surface area contributed by atoms with Crippen molar-refractivity contribution in [1.82, 2.24) is 10.9 Å². The van der Waals surface area contributed by atoms with Gasteiger partial charge in [-0.05, 0) is 12.1 Å². The Kier molecular flexibility index (Phi) is 3.94. The summed E-state index contributed by atoms with van der Waals surface area (Å²) in [6.07, 6.45) is -0.101. The molecule has 1 atom stereocenters. The fourth-order valence-corrected chi connectivity index (χ4v) is 1.93. The zero-order chi connectivity index (χ0) is 15.6. The minimum Gasteiger partial charge on any atom is -0.291 e. The maximum Gasteiger partial charge on any atom is 0.269 e. The number of imide groups is 1. The van der Waals surface area contributed by atoms with Gasteiger partial charge in [0.05, 0.1) is 17.0 Å². The normalized spacial score (nSPS) is 18.0. The number of amides is 3. The molecule has 0 radical (unpaired) electrons. The number of hydrogen-bond donors (Lipinski definition) is 2. The van der Waals surface area contributed by atoms with Crippen molar-refractivity contribution in [3.05, 3.63) is 34.4 Å². The molecule has 0 aromatic heterocycles. The summed E-state index contributed by atoms with van der Waals surface area (Å²) in [6.45, 7) is 1.27. The number of nitrogens with one attached hydrogen (secondary N) is 2. The molecule has 21 heavy (non-hydrogen) atoms. The van der Waals surface area contributed by atoms with Gasteiger partial charge in [-0.3, -0.25) is 29.9 Å². The maximum atomic E-state index is 12.1. The average molecular weight is 292 g/mol. The lowest BCUT2D eigenvalue weighted by Crippen LogP contribution is -2.47. The van der Waals surface area contributed by atoms with Gasteiger partial charge >= 0.3 is 0 Å². The molecule has 110 valence electrons. The average Bonchev–Trinajstić information content (AvgIpc) is 2.71. The molecule has 9 nitrogen and oxygen atoms in total. The summed E-state index contributed by atoms with van der Waals surface area (Å²) in [6, 6.07) is 4.23. The van der Waals surface area contributed by atoms with E-state index >= 15 is 0 Å². The van der Waals surface area contributed by atoms with Crippen molar-refractivity contribution < 1.29 is 19.3 Å². The van der Waals surface area contributed by atoms with Crippen LogP contribution in [0.1, 0.15) is 13.3 Å². The molecule has 1 unspecified atom stereocenters. The zero-order valence-corrected chi connectivity index (χ0v) is 11.0. The quantitative estimate of drug-likeness (QED) is 0.453. The lowest BCUT2D eigenvalue weighted by Gasteiger charge is -2.15. The number of non-ortho nitro benzene ring substituents is 1. The highest BCUT2D eigenvalue weighted by atomic mass is 16.6. The predicted molar refractivity (Wildman–Crippen MR) is 70.9 cm³/mol. The molecule has 1 aromatic rings. The van der Waals surface area contributed by atoms with Gasteiger partial charge in [0.1, 0.15) is 6.04 Å². The van der Waals surface area contributed by atoms with E-state index in [0.717, 1.165) is 4.90 Å². The molecule has 2 N–H and O–H groups in total. The molecular formula is C12H12N4O5. The van der Waals surface area contributed by atoms with Gasteiger partial charge in [0.25, 0.3) is 11.6 Å². The van der Waals surface area contributed by atoms with Crippen LogP contribution >= 0.6 is 0 Å². The van der Waals surface area contributed by atoms with E-state index in [1.807, 2.05) is 0 Å². The molecule has 1 aliphatic rings. The minimum atomic E-state index is -0.850. The Labute approximate surface area is 119 Å². The van der Waals surface area contributed by atoms with E-state index in [2.05, 4.69) is 10.9 Å². The van der Waals surface area contributed by atoms with Crippen LogP contribution in [0.4, 0.5) is 11.4 Å². The third-order valence-electron chi connectivity index (χ3n) is 2.89. The van der Waals surface area contributed by atoms with E-state index in [0.29, 0.717) is 0 Å². The standard InChI is InChI=1S/C12H12N4O5/c1-7(17)13-14-10-6-11(18)15(12(10)19)8-2-4-9(5-3-8)16(20)21/h2-5,10,14H,6H2,1H3,(H,13,17). The van der Waals surface area contributed by atoms with Crippen LogP contribution in [-0.4, -0.2) is 28.7 Å². The SMILES string of the molecule is CC(=O)NNC1CC(=O)N(c2ccc([N+](=O)[O-])cc2)C1=O. The van der Waals surface area contributed by atoms with E-state index in [4.69, 9.17) is 0 Å². The molecule has 0 spiro atoms. The van der Waals surface area contributed by atoms with E-state index < -0.39 is 22.8 Å². The topological polar surface area (TPSA) is 122 Å². The van der Waals surface area contributed by atoms with Crippen LogP contribution in [0.15, 0.2) is 24.3 Å². The number of nitro groups is 1. The third kappa shape index (κ3) is 3.03. The lowest BCUT2D eigenvalue weighted by molar-refractivity contribution is -0.384. The molecule has 1 fully saturated rings. The largest absolute Gasteiger partial charge is 0.291 e. The second kappa shape index (κ2) is 5.67. The minimum absolute atomic E-state index is 0.101. The summed E-state index contributed by atoms with van der Waals surface area (Å²) in [5.41, 5.74) is 4.85. The fourth-order valence-electron chi connectivity index (χ4n) is 1.93. The Morgan fingerprint density at radius 3 is 2.48 bits per heavy atom. The molecule has 1 aromatic carbocycles. The molecule has 9 heteroatoms. The van der Waals surface area contributed by atoms with Crippen LogP contribution in [0.3, 0.4) is 0 Å². The number of anilines is 1. The number of rotatable bonds is 4. The molecule has 1 aliphatic heterocycles. The van der Waals surface area contributed by atoms with E-state index in [9.17, 15) is 24.5 Å². The molecule has 3 amide bonds. The summed E-state index contributed by atoms with van der Waals surface area (Å²) in [5, 5.41) is 10.6. The molecule has 1 heterocycles. The van der Waals surface area contributed by atoms with Crippen LogP contribution in [0.25, 0.3) is 0 Å². The number of nitro benzene ring substituents is 1. The van der Waals surface area contributed by atoms with Crippen molar-refractivity contribution in [3.63, 3.8) is 0 Å². The van der Waals surface area contributed by atoms with Gasteiger partial charge in [-0.15, -0.1) is 0 Å². The van der Waals surface area contributed by atoms with Crippen LogP contribution in [0, 0.1) is 10.1 Å². The number of hydrazine groups is 1. The van der Waals surface area contributed by atoms with Crippen LogP contribution in [0.5, 0.6) is 0 Å². The second-order valence-electron chi connectivity index (χ2n) is 4.42. The Morgan fingerprint density at radius 1 is 1.33 bits per heavy atom. The van der Waals surface area contributed by atoms with Gasteiger partial charge < -0.3 is 0 Å². The summed E-state index contributed by atoms with van der Waals surface area (Å²) in [5.74, 6) is -1.36. The highest BCUT2D eigenvalue weighted by molar-refractivity contribution is 6.22. The van der Waals surface area contributed by atoms with Gasteiger partial charge in [0.2, 0.25) is 11.8 Å². The van der Waals surface area contributed by atoms with Gasteiger partial charge in [0.15, 0.2) is 0 Å². The first-order valence-electron chi connectivity index (χ1n) is 6.03. The Bertz CT molecular complexity index is 613. The van der Waals surface area contributed by atoms with Crippen LogP contribution in [-0.2, 0) is 14.4 Å². The maximum absolute atomic E-state index is 12.1. The van der Waals surface area contributed by atoms with E-state index in [1.165, 1.54) is 31.2 Å². The number of carbonyl (C=O) groups is 3. The van der Waals surface area contributed by atoms with Gasteiger partial charge in [0, 0.05) is 19.1 Å². The van der Waals surface area contributed by atoms with Crippen molar-refractivity contribution in [3.8, 4) is 0 Å². The smallest absolute Gasteiger partial charge is 0.269 e. The first-order chi connectivity index (χ1) is 9.90. The summed E-state index contributed by atoms with van der Waals surface area (Å²) in [7, 11) is 0. The van der Waals surface area contributed by atoms with Crippen molar-refractivity contribution in [2.45, 2.75) is 19.4 Å². The van der Waals surface area contributed by atoms with E-state index in [1.54, 1.807) is 0 Å². The van der Waals surface area contributed by atoms with Crippen molar-refractivity contribution in [2.75, 3.05) is 4.90 Å². The Morgan fingerprint density at radius 2 is 1.95 bits per heavy atom. The van der Waals surface area contributed by atoms with Crippen molar-refractivity contribution >= 4 is 29.1 Å². The molecule has 1 saturated heterocycles. The monoisotopic (exact) mass is 292 g/mol. The molecular weight excluding hydrogens is 280 g/mol. The highest BCUT2D eigenvalue weighted by Crippen LogP contribution is 2.24. The van der Waals surface area contributed by atoms with Gasteiger partial charge in [-0.1, -0.05) is 0 Å². The van der Waals surface area contributed by atoms with E-state index in [-0.39, 0.29) is 23.7 Å². The molecule has 0 saturated carbocycles. The third-order valence-corrected chi connectivity index (χ3v) is 2.89. The van der Waals surface area contributed by atoms with Gasteiger partial charge in [-0.25, -0.2) is 10.3 Å². The second-order valence-corrected chi connectivity index (χ2v) is 4.42. The van der Waals surface area contributed by atoms with Gasteiger partial charge in [-0.2, -0.15) is 0 Å². The Hall–Kier alpha value is -2.81. The zero-order valence-electron chi connectivity index (χ0n) is 11.0. The first-order valence-corrected chi connectivity index (χ1v) is 6.03. The number of carbonyl (C=O) groups excluding carboxylic acids is 3. The van der Waals surface area contributed by atoms with Crippen molar-refractivity contribution in [1.29, 1.82) is 0 Å². The summed E-state index contributed by atoms with van der Waals surface area (Å²) >= 11 is 0. The molecule has 2 rings (SSSR count). The lowest BCUT2D eigenvalue weighted by atomic mass is 10.2. The number of nitrogens with zero attached hydrogens (tertiary/aromatic N) is 2. The number of benzene rings is 1. The molecule has 0 aliphatic carbocycles. The molecule has 0 bridgehead atoms. The highest BCUT2D eigenvalue weighted by Gasteiger charge is 2.39. The summed E-state index contributed by atoms with van der Waals surface area (Å²) in [4.78, 5) is 45.7. The predicted octanol–water partition coefficient (Wildman–Crippen LogP) is -0.133. The number of hydrogen-bond acceptors (Lipinski definition) is 6. The van der Waals surface area contributed by atoms with Crippen LogP contribution < -0.4 is 15.8 Å². The first kappa shape index (κ1) is 14.6. The summed E-state index contributed by atoms with van der Waals surface area (Å²) < 4.78 is 0. The fraction of sp³-hybridized carbons (Fsp3) is 0.250. The van der Waals surface area contributed by atoms with Crippen molar-refractivity contribution in [2.24, 2.45) is 0 Å². The van der Waals surface area contributed by atoms with Crippen LogP contribution in [0.2, 0.25) is 0 Å². The Balaban J connectivity index is 2.16.